The molecule has 6 heteroatoms. The van der Waals surface area contributed by atoms with Crippen molar-refractivity contribution in [2.75, 3.05) is 6.61 Å². The second-order valence-corrected chi connectivity index (χ2v) is 6.01. The molecule has 0 amide bonds. The summed E-state index contributed by atoms with van der Waals surface area (Å²) >= 11 is 0. The zero-order chi connectivity index (χ0) is 16.2. The van der Waals surface area contributed by atoms with Crippen LogP contribution in [0.1, 0.15) is 47.0 Å². The lowest BCUT2D eigenvalue weighted by Gasteiger charge is -2.47. The van der Waals surface area contributed by atoms with Crippen molar-refractivity contribution < 1.29 is 29.9 Å². The Morgan fingerprint density at radius 1 is 1.14 bits per heavy atom. The van der Waals surface area contributed by atoms with Crippen molar-refractivity contribution in [3.8, 4) is 0 Å². The van der Waals surface area contributed by atoms with Crippen molar-refractivity contribution in [1.29, 1.82) is 0 Å². The van der Waals surface area contributed by atoms with Crippen LogP contribution in [0.15, 0.2) is 0 Å². The van der Waals surface area contributed by atoms with Crippen LogP contribution in [-0.4, -0.2) is 69.3 Å². The molecule has 4 N–H and O–H groups in total. The zero-order valence-corrected chi connectivity index (χ0v) is 13.4. The molecule has 3 unspecified atom stereocenters. The Hall–Kier alpha value is -0.240. The van der Waals surface area contributed by atoms with Gasteiger partial charge in [-0.3, -0.25) is 0 Å². The van der Waals surface area contributed by atoms with Crippen molar-refractivity contribution in [1.82, 2.24) is 0 Å². The monoisotopic (exact) mass is 306 g/mol. The van der Waals surface area contributed by atoms with Crippen molar-refractivity contribution in [2.45, 2.75) is 89.2 Å². The van der Waals surface area contributed by atoms with E-state index < -0.39 is 42.7 Å². The summed E-state index contributed by atoms with van der Waals surface area (Å²) in [6.45, 7) is 6.89. The van der Waals surface area contributed by atoms with Crippen LogP contribution in [0.5, 0.6) is 0 Å². The van der Waals surface area contributed by atoms with Crippen LogP contribution >= 0.6 is 0 Å². The van der Waals surface area contributed by atoms with Crippen LogP contribution in [0.3, 0.4) is 0 Å². The van der Waals surface area contributed by atoms with Crippen LogP contribution in [0.4, 0.5) is 0 Å². The van der Waals surface area contributed by atoms with E-state index in [0.29, 0.717) is 6.42 Å². The van der Waals surface area contributed by atoms with Gasteiger partial charge in [0.15, 0.2) is 0 Å². The highest BCUT2D eigenvalue weighted by molar-refractivity contribution is 5.00. The summed E-state index contributed by atoms with van der Waals surface area (Å²) in [6, 6.07) is 0. The fourth-order valence-corrected chi connectivity index (χ4v) is 2.67. The molecule has 1 heterocycles. The van der Waals surface area contributed by atoms with E-state index in [1.54, 1.807) is 13.8 Å². The number of hydrogen-bond donors (Lipinski definition) is 4. The lowest BCUT2D eigenvalue weighted by atomic mass is 9.84. The first kappa shape index (κ1) is 18.8. The maximum Gasteiger partial charge on any atom is 0.115 e. The largest absolute Gasteiger partial charge is 0.394 e. The summed E-state index contributed by atoms with van der Waals surface area (Å²) in [5.41, 5.74) is -1.26. The molecule has 1 fully saturated rings. The first-order chi connectivity index (χ1) is 9.82. The zero-order valence-electron chi connectivity index (χ0n) is 13.4. The maximum absolute atomic E-state index is 10.5. The van der Waals surface area contributed by atoms with E-state index in [1.165, 1.54) is 0 Å². The molecule has 6 atom stereocenters. The molecule has 0 aromatic heterocycles. The Balaban J connectivity index is 2.97. The van der Waals surface area contributed by atoms with E-state index in [1.807, 2.05) is 13.8 Å². The van der Waals surface area contributed by atoms with Gasteiger partial charge < -0.3 is 29.9 Å². The van der Waals surface area contributed by atoms with Crippen LogP contribution in [0.2, 0.25) is 0 Å². The van der Waals surface area contributed by atoms with Crippen molar-refractivity contribution in [3.05, 3.63) is 0 Å². The maximum atomic E-state index is 10.5. The standard InChI is InChI=1S/C15H30O6/c1-5-9(6-2)20-13-11(17)10(8-16)21-14(12(13)18)15(4,19)7-3/h9-14,16-19H,5-8H2,1-4H3/t10?,11-,12?,13+,14-,15?/m1/s1. The molecule has 1 aliphatic rings. The van der Waals surface area contributed by atoms with Gasteiger partial charge in [-0.05, 0) is 26.2 Å². The molecule has 1 aliphatic heterocycles. The fourth-order valence-electron chi connectivity index (χ4n) is 2.67. The second kappa shape index (κ2) is 7.85. The minimum atomic E-state index is -1.26. The molecule has 126 valence electrons. The number of ether oxygens (including phenoxy) is 2. The summed E-state index contributed by atoms with van der Waals surface area (Å²) < 4.78 is 11.3. The van der Waals surface area contributed by atoms with Crippen LogP contribution in [0.25, 0.3) is 0 Å². The van der Waals surface area contributed by atoms with Gasteiger partial charge in [0, 0.05) is 0 Å². The van der Waals surface area contributed by atoms with Gasteiger partial charge in [0.2, 0.25) is 0 Å². The van der Waals surface area contributed by atoms with Crippen molar-refractivity contribution in [3.63, 3.8) is 0 Å². The number of aliphatic hydroxyl groups is 4. The van der Waals surface area contributed by atoms with Gasteiger partial charge in [0.05, 0.1) is 18.3 Å². The fraction of sp³-hybridized carbons (Fsp3) is 1.00. The summed E-state index contributed by atoms with van der Waals surface area (Å²) in [5, 5.41) is 40.5. The molecule has 0 bridgehead atoms. The predicted molar refractivity (Wildman–Crippen MR) is 77.9 cm³/mol. The summed E-state index contributed by atoms with van der Waals surface area (Å²) in [4.78, 5) is 0. The number of rotatable bonds is 7. The highest BCUT2D eigenvalue weighted by atomic mass is 16.6. The Bertz CT molecular complexity index is 305. The van der Waals surface area contributed by atoms with Gasteiger partial charge in [-0.2, -0.15) is 0 Å². The molecule has 0 spiro atoms. The topological polar surface area (TPSA) is 99.4 Å². The summed E-state index contributed by atoms with van der Waals surface area (Å²) in [5.74, 6) is 0. The molecular formula is C15H30O6. The van der Waals surface area contributed by atoms with E-state index in [2.05, 4.69) is 0 Å². The van der Waals surface area contributed by atoms with Gasteiger partial charge in [-0.1, -0.05) is 20.8 Å². The van der Waals surface area contributed by atoms with E-state index in [9.17, 15) is 20.4 Å². The van der Waals surface area contributed by atoms with Gasteiger partial charge in [0.1, 0.15) is 30.5 Å². The number of hydrogen-bond acceptors (Lipinski definition) is 6. The highest BCUT2D eigenvalue weighted by Gasteiger charge is 2.51. The lowest BCUT2D eigenvalue weighted by molar-refractivity contribution is -0.282. The van der Waals surface area contributed by atoms with Gasteiger partial charge in [-0.15, -0.1) is 0 Å². The van der Waals surface area contributed by atoms with Crippen LogP contribution < -0.4 is 0 Å². The summed E-state index contributed by atoms with van der Waals surface area (Å²) in [6.07, 6.45) is -3.17. The second-order valence-electron chi connectivity index (χ2n) is 6.01. The van der Waals surface area contributed by atoms with Crippen molar-refractivity contribution in [2.24, 2.45) is 0 Å². The molecule has 6 nitrogen and oxygen atoms in total. The SMILES string of the molecule is CCC(CC)O[C@@H]1C(O)[C@H](C(C)(O)CC)OC(CO)[C@H]1O. The van der Waals surface area contributed by atoms with E-state index in [0.717, 1.165) is 12.8 Å². The molecular weight excluding hydrogens is 276 g/mol. The first-order valence-electron chi connectivity index (χ1n) is 7.82. The van der Waals surface area contributed by atoms with Crippen LogP contribution in [-0.2, 0) is 9.47 Å². The van der Waals surface area contributed by atoms with Gasteiger partial charge in [0.25, 0.3) is 0 Å². The molecule has 21 heavy (non-hydrogen) atoms. The normalized spacial score (nSPS) is 36.7. The third-order valence-electron chi connectivity index (χ3n) is 4.45. The molecule has 1 rings (SSSR count). The molecule has 0 aliphatic carbocycles. The Morgan fingerprint density at radius 3 is 2.14 bits per heavy atom. The molecule has 0 aromatic carbocycles. The third kappa shape index (κ3) is 4.15. The van der Waals surface area contributed by atoms with Gasteiger partial charge >= 0.3 is 0 Å². The average Bonchev–Trinajstić information content (AvgIpc) is 2.47. The molecule has 0 saturated carbocycles. The van der Waals surface area contributed by atoms with E-state index >= 15 is 0 Å². The lowest BCUT2D eigenvalue weighted by Crippen LogP contribution is -2.65. The van der Waals surface area contributed by atoms with Gasteiger partial charge in [-0.25, -0.2) is 0 Å². The predicted octanol–water partition coefficient (Wildman–Crippen LogP) is 0.203. The third-order valence-corrected chi connectivity index (χ3v) is 4.45. The van der Waals surface area contributed by atoms with E-state index in [4.69, 9.17) is 9.47 Å². The average molecular weight is 306 g/mol. The highest BCUT2D eigenvalue weighted by Crippen LogP contribution is 2.32. The minimum absolute atomic E-state index is 0.0935. The first-order valence-corrected chi connectivity index (χ1v) is 7.82. The van der Waals surface area contributed by atoms with Crippen LogP contribution in [0, 0.1) is 0 Å². The molecule has 0 radical (unpaired) electrons. The molecule has 1 saturated heterocycles. The van der Waals surface area contributed by atoms with Crippen molar-refractivity contribution >= 4 is 0 Å². The quantitative estimate of drug-likeness (QED) is 0.536. The smallest absolute Gasteiger partial charge is 0.115 e. The van der Waals surface area contributed by atoms with E-state index in [-0.39, 0.29) is 6.10 Å². The molecule has 0 aromatic rings. The number of aliphatic hydroxyl groups excluding tert-OH is 3. The Kier molecular flexibility index (Phi) is 7.03. The Labute approximate surface area is 126 Å². The summed E-state index contributed by atoms with van der Waals surface area (Å²) in [7, 11) is 0. The minimum Gasteiger partial charge on any atom is -0.394 e. The Morgan fingerprint density at radius 2 is 1.71 bits per heavy atom.